The SMILES string of the molecule is CCCOC(=O)CCc1nc2cnc(-c3ccc(OC)cc3)cn2c1O. The first-order chi connectivity index (χ1) is 12.6. The highest BCUT2D eigenvalue weighted by Crippen LogP contribution is 2.25. The van der Waals surface area contributed by atoms with Crippen LogP contribution >= 0.6 is 0 Å². The molecule has 0 unspecified atom stereocenters. The van der Waals surface area contributed by atoms with Gasteiger partial charge in [-0.1, -0.05) is 6.92 Å². The number of ether oxygens (including phenoxy) is 2. The molecule has 0 atom stereocenters. The van der Waals surface area contributed by atoms with Gasteiger partial charge in [0.05, 0.1) is 32.0 Å². The summed E-state index contributed by atoms with van der Waals surface area (Å²) in [7, 11) is 1.61. The van der Waals surface area contributed by atoms with Crippen molar-refractivity contribution >= 4 is 11.6 Å². The number of hydrogen-bond acceptors (Lipinski definition) is 6. The van der Waals surface area contributed by atoms with Crippen molar-refractivity contribution in [2.75, 3.05) is 13.7 Å². The second-order valence-corrected chi connectivity index (χ2v) is 5.83. The van der Waals surface area contributed by atoms with E-state index in [-0.39, 0.29) is 18.3 Å². The normalized spacial score (nSPS) is 10.8. The Hall–Kier alpha value is -3.09. The Morgan fingerprint density at radius 2 is 2.04 bits per heavy atom. The van der Waals surface area contributed by atoms with Crippen LogP contribution in [0.25, 0.3) is 16.9 Å². The van der Waals surface area contributed by atoms with Crippen LogP contribution in [-0.2, 0) is 16.0 Å². The van der Waals surface area contributed by atoms with Gasteiger partial charge in [-0.05, 0) is 30.7 Å². The third-order valence-corrected chi connectivity index (χ3v) is 3.97. The Morgan fingerprint density at radius 3 is 2.73 bits per heavy atom. The van der Waals surface area contributed by atoms with E-state index >= 15 is 0 Å². The van der Waals surface area contributed by atoms with Crippen molar-refractivity contribution in [1.29, 1.82) is 0 Å². The van der Waals surface area contributed by atoms with Gasteiger partial charge in [0.25, 0.3) is 0 Å². The average Bonchev–Trinajstić information content (AvgIpc) is 3.00. The molecular weight excluding hydrogens is 334 g/mol. The number of esters is 1. The Balaban J connectivity index is 1.81. The minimum atomic E-state index is -0.291. The summed E-state index contributed by atoms with van der Waals surface area (Å²) in [5, 5.41) is 10.4. The van der Waals surface area contributed by atoms with Gasteiger partial charge in [-0.15, -0.1) is 0 Å². The summed E-state index contributed by atoms with van der Waals surface area (Å²) in [5.41, 5.74) is 2.57. The number of hydrogen-bond donors (Lipinski definition) is 1. The van der Waals surface area contributed by atoms with Crippen LogP contribution < -0.4 is 4.74 Å². The quantitative estimate of drug-likeness (QED) is 0.656. The van der Waals surface area contributed by atoms with E-state index in [1.807, 2.05) is 31.2 Å². The summed E-state index contributed by atoms with van der Waals surface area (Å²) in [5.74, 6) is 0.485. The summed E-state index contributed by atoms with van der Waals surface area (Å²) in [6.45, 7) is 2.35. The Labute approximate surface area is 151 Å². The van der Waals surface area contributed by atoms with E-state index in [0.717, 1.165) is 17.7 Å². The molecule has 1 N–H and O–H groups in total. The fraction of sp³-hybridized carbons (Fsp3) is 0.316. The lowest BCUT2D eigenvalue weighted by Crippen LogP contribution is -2.06. The zero-order chi connectivity index (χ0) is 18.5. The molecule has 3 aromatic rings. The summed E-state index contributed by atoms with van der Waals surface area (Å²) in [4.78, 5) is 20.4. The molecule has 0 amide bonds. The first-order valence-electron chi connectivity index (χ1n) is 8.48. The van der Waals surface area contributed by atoms with Crippen LogP contribution in [0.3, 0.4) is 0 Å². The Morgan fingerprint density at radius 1 is 1.27 bits per heavy atom. The maximum atomic E-state index is 11.6. The molecule has 0 saturated heterocycles. The molecule has 136 valence electrons. The van der Waals surface area contributed by atoms with Gasteiger partial charge in [0, 0.05) is 18.2 Å². The topological polar surface area (TPSA) is 86.0 Å². The predicted octanol–water partition coefficient (Wildman–Crippen LogP) is 3.00. The fourth-order valence-corrected chi connectivity index (χ4v) is 2.58. The number of nitrogens with zero attached hydrogens (tertiary/aromatic N) is 3. The van der Waals surface area contributed by atoms with Crippen LogP contribution in [0.5, 0.6) is 11.6 Å². The summed E-state index contributed by atoms with van der Waals surface area (Å²) in [6.07, 6.45) is 4.59. The minimum absolute atomic E-state index is 0.0143. The van der Waals surface area contributed by atoms with E-state index in [2.05, 4.69) is 9.97 Å². The largest absolute Gasteiger partial charge is 0.497 e. The van der Waals surface area contributed by atoms with Crippen LogP contribution in [0.1, 0.15) is 25.5 Å². The predicted molar refractivity (Wildman–Crippen MR) is 96.2 cm³/mol. The zero-order valence-corrected chi connectivity index (χ0v) is 14.8. The molecule has 0 fully saturated rings. The maximum Gasteiger partial charge on any atom is 0.306 e. The van der Waals surface area contributed by atoms with Crippen LogP contribution in [0.15, 0.2) is 36.7 Å². The van der Waals surface area contributed by atoms with Crippen molar-refractivity contribution in [3.05, 3.63) is 42.4 Å². The molecule has 0 aliphatic carbocycles. The second kappa shape index (κ2) is 7.86. The molecule has 0 aliphatic rings. The first kappa shape index (κ1) is 17.7. The fourth-order valence-electron chi connectivity index (χ4n) is 2.58. The number of methoxy groups -OCH3 is 1. The Kier molecular flexibility index (Phi) is 5.36. The van der Waals surface area contributed by atoms with Crippen molar-refractivity contribution in [2.24, 2.45) is 0 Å². The number of carbonyl (C=O) groups is 1. The van der Waals surface area contributed by atoms with Crippen molar-refractivity contribution in [3.63, 3.8) is 0 Å². The number of benzene rings is 1. The van der Waals surface area contributed by atoms with Gasteiger partial charge in [0.2, 0.25) is 5.88 Å². The van der Waals surface area contributed by atoms with Gasteiger partial charge < -0.3 is 14.6 Å². The highest BCUT2D eigenvalue weighted by Gasteiger charge is 2.14. The molecular formula is C19H21N3O4. The molecule has 1 aromatic carbocycles. The molecule has 2 aromatic heterocycles. The molecule has 0 bridgehead atoms. The highest BCUT2D eigenvalue weighted by atomic mass is 16.5. The molecule has 7 heteroatoms. The molecule has 3 rings (SSSR count). The van der Waals surface area contributed by atoms with Crippen molar-refractivity contribution in [1.82, 2.24) is 14.4 Å². The summed E-state index contributed by atoms with van der Waals surface area (Å²) >= 11 is 0. The third-order valence-electron chi connectivity index (χ3n) is 3.97. The molecule has 0 radical (unpaired) electrons. The maximum absolute atomic E-state index is 11.6. The number of aromatic hydroxyl groups is 1. The molecule has 0 aliphatic heterocycles. The number of imidazole rings is 1. The lowest BCUT2D eigenvalue weighted by Gasteiger charge is -2.04. The van der Waals surface area contributed by atoms with Crippen LogP contribution in [0, 0.1) is 0 Å². The van der Waals surface area contributed by atoms with E-state index in [4.69, 9.17) is 9.47 Å². The monoisotopic (exact) mass is 355 g/mol. The highest BCUT2D eigenvalue weighted by molar-refractivity contribution is 5.70. The molecule has 2 heterocycles. The zero-order valence-electron chi connectivity index (χ0n) is 14.8. The standard InChI is InChI=1S/C19H21N3O4/c1-3-10-26-18(23)9-8-15-19(24)22-12-16(20-11-17(22)21-15)13-4-6-14(25-2)7-5-13/h4-7,11-12,24H,3,8-10H2,1-2H3. The van der Waals surface area contributed by atoms with Gasteiger partial charge in [-0.25, -0.2) is 4.98 Å². The lowest BCUT2D eigenvalue weighted by molar-refractivity contribution is -0.143. The van der Waals surface area contributed by atoms with Gasteiger partial charge in [0.15, 0.2) is 5.65 Å². The number of carbonyl (C=O) groups excluding carboxylic acids is 1. The van der Waals surface area contributed by atoms with Crippen molar-refractivity contribution < 1.29 is 19.4 Å². The van der Waals surface area contributed by atoms with E-state index in [1.165, 1.54) is 0 Å². The number of fused-ring (bicyclic) bond motifs is 1. The van der Waals surface area contributed by atoms with Gasteiger partial charge in [-0.2, -0.15) is 0 Å². The van der Waals surface area contributed by atoms with Crippen LogP contribution in [-0.4, -0.2) is 39.2 Å². The molecule has 26 heavy (non-hydrogen) atoms. The van der Waals surface area contributed by atoms with Crippen molar-refractivity contribution in [3.8, 4) is 22.9 Å². The number of aromatic nitrogens is 3. The smallest absolute Gasteiger partial charge is 0.306 e. The van der Waals surface area contributed by atoms with Gasteiger partial charge in [0.1, 0.15) is 11.4 Å². The van der Waals surface area contributed by atoms with Gasteiger partial charge in [-0.3, -0.25) is 14.2 Å². The summed E-state index contributed by atoms with van der Waals surface area (Å²) in [6, 6.07) is 7.49. The van der Waals surface area contributed by atoms with Crippen molar-refractivity contribution in [2.45, 2.75) is 26.2 Å². The minimum Gasteiger partial charge on any atom is -0.497 e. The van der Waals surface area contributed by atoms with Crippen LogP contribution in [0.2, 0.25) is 0 Å². The van der Waals surface area contributed by atoms with E-state index < -0.39 is 0 Å². The molecule has 7 nitrogen and oxygen atoms in total. The van der Waals surface area contributed by atoms with E-state index in [0.29, 0.717) is 30.1 Å². The first-order valence-corrected chi connectivity index (χ1v) is 8.48. The molecule has 0 spiro atoms. The van der Waals surface area contributed by atoms with Crippen LogP contribution in [0.4, 0.5) is 0 Å². The second-order valence-electron chi connectivity index (χ2n) is 5.83. The average molecular weight is 355 g/mol. The number of aryl methyl sites for hydroxylation is 1. The van der Waals surface area contributed by atoms with Gasteiger partial charge >= 0.3 is 5.97 Å². The number of rotatable bonds is 7. The summed E-state index contributed by atoms with van der Waals surface area (Å²) < 4.78 is 11.8. The lowest BCUT2D eigenvalue weighted by atomic mass is 10.1. The Bertz CT molecular complexity index is 903. The molecule has 0 saturated carbocycles. The van der Waals surface area contributed by atoms with E-state index in [9.17, 15) is 9.90 Å². The van der Waals surface area contributed by atoms with E-state index in [1.54, 1.807) is 23.9 Å². The third kappa shape index (κ3) is 3.77.